The summed E-state index contributed by atoms with van der Waals surface area (Å²) in [5, 5.41) is 0. The third-order valence-electron chi connectivity index (χ3n) is 2.19. The van der Waals surface area contributed by atoms with Gasteiger partial charge in [-0.05, 0) is 25.1 Å². The monoisotopic (exact) mass is 299 g/mol. The minimum absolute atomic E-state index is 0.148. The number of rotatable bonds is 4. The number of carbonyl (C=O) groups excluding carboxylic acids is 2. The molecule has 0 saturated carbocycles. The van der Waals surface area contributed by atoms with Crippen LogP contribution in [0.15, 0.2) is 22.7 Å². The number of carbonyl (C=O) groups is 2. The highest BCUT2D eigenvalue weighted by Gasteiger charge is 2.17. The van der Waals surface area contributed by atoms with Gasteiger partial charge in [0.05, 0.1) is 5.56 Å². The first-order chi connectivity index (χ1) is 7.95. The van der Waals surface area contributed by atoms with E-state index in [0.29, 0.717) is 17.6 Å². The van der Waals surface area contributed by atoms with E-state index in [4.69, 9.17) is 4.74 Å². The van der Waals surface area contributed by atoms with Gasteiger partial charge in [-0.15, -0.1) is 0 Å². The summed E-state index contributed by atoms with van der Waals surface area (Å²) in [7, 11) is 3.31. The molecule has 0 bridgehead atoms. The molecule has 17 heavy (non-hydrogen) atoms. The van der Waals surface area contributed by atoms with E-state index in [0.717, 1.165) is 4.47 Å². The normalized spacial score (nSPS) is 11.8. The number of likely N-dealkylation sites (N-methyl/N-ethyl adjacent to an activating group) is 1. The lowest BCUT2D eigenvalue weighted by Crippen LogP contribution is -2.35. The molecule has 1 aromatic rings. The summed E-state index contributed by atoms with van der Waals surface area (Å²) in [6.07, 6.45) is 0.0809. The second-order valence-corrected chi connectivity index (χ2v) is 4.71. The lowest BCUT2D eigenvalue weighted by atomic mass is 10.2. The first-order valence-electron chi connectivity index (χ1n) is 5.08. The van der Waals surface area contributed by atoms with E-state index in [1.54, 1.807) is 39.2 Å². The van der Waals surface area contributed by atoms with Gasteiger partial charge in [0, 0.05) is 18.6 Å². The molecule has 1 atom stereocenters. The molecule has 92 valence electrons. The zero-order valence-corrected chi connectivity index (χ0v) is 11.5. The molecule has 0 N–H and O–H groups in total. The Kier molecular flexibility index (Phi) is 4.69. The Morgan fingerprint density at radius 1 is 1.47 bits per heavy atom. The molecule has 0 radical (unpaired) electrons. The molecule has 0 aliphatic heterocycles. The average Bonchev–Trinajstić information content (AvgIpc) is 2.30. The molecule has 0 spiro atoms. The second-order valence-electron chi connectivity index (χ2n) is 3.79. The van der Waals surface area contributed by atoms with Crippen LogP contribution in [0.2, 0.25) is 0 Å². The summed E-state index contributed by atoms with van der Waals surface area (Å²) in [6.45, 7) is 1.65. The van der Waals surface area contributed by atoms with Crippen LogP contribution >= 0.6 is 15.9 Å². The lowest BCUT2D eigenvalue weighted by Gasteiger charge is -2.19. The molecular weight excluding hydrogens is 286 g/mol. The molecule has 4 nitrogen and oxygen atoms in total. The van der Waals surface area contributed by atoms with Crippen molar-refractivity contribution in [2.24, 2.45) is 0 Å². The van der Waals surface area contributed by atoms with Gasteiger partial charge in [0.2, 0.25) is 0 Å². The van der Waals surface area contributed by atoms with Gasteiger partial charge in [0.25, 0.3) is 5.91 Å². The van der Waals surface area contributed by atoms with Gasteiger partial charge in [-0.1, -0.05) is 15.9 Å². The van der Waals surface area contributed by atoms with Gasteiger partial charge in [-0.25, -0.2) is 0 Å². The summed E-state index contributed by atoms with van der Waals surface area (Å²) in [5.41, 5.74) is 0.415. The van der Waals surface area contributed by atoms with Crippen molar-refractivity contribution in [2.75, 3.05) is 14.1 Å². The van der Waals surface area contributed by atoms with Crippen molar-refractivity contribution in [3.63, 3.8) is 0 Å². The number of halogens is 1. The molecule has 0 aliphatic carbocycles. The summed E-state index contributed by atoms with van der Waals surface area (Å²) in [6, 6.07) is 5.07. The molecule has 1 unspecified atom stereocenters. The first kappa shape index (κ1) is 13.7. The molecule has 5 heteroatoms. The van der Waals surface area contributed by atoms with Crippen LogP contribution < -0.4 is 4.74 Å². The van der Waals surface area contributed by atoms with Crippen LogP contribution in [0.5, 0.6) is 5.75 Å². The fourth-order valence-corrected chi connectivity index (χ4v) is 1.70. The van der Waals surface area contributed by atoms with Crippen LogP contribution in [-0.2, 0) is 4.79 Å². The van der Waals surface area contributed by atoms with Gasteiger partial charge in [0.15, 0.2) is 12.4 Å². The highest BCUT2D eigenvalue weighted by molar-refractivity contribution is 9.10. The van der Waals surface area contributed by atoms with Crippen molar-refractivity contribution < 1.29 is 14.3 Å². The van der Waals surface area contributed by atoms with Crippen molar-refractivity contribution >= 4 is 28.1 Å². The highest BCUT2D eigenvalue weighted by Crippen LogP contribution is 2.22. The van der Waals surface area contributed by atoms with Crippen LogP contribution in [0.4, 0.5) is 0 Å². The Hall–Kier alpha value is -1.36. The zero-order chi connectivity index (χ0) is 13.0. The Bertz CT molecular complexity index is 432. The number of nitrogens with zero attached hydrogens (tertiary/aromatic N) is 1. The molecule has 0 heterocycles. The molecule has 1 rings (SSSR count). The van der Waals surface area contributed by atoms with Crippen LogP contribution in [0.25, 0.3) is 0 Å². The number of hydrogen-bond donors (Lipinski definition) is 0. The molecule has 1 amide bonds. The topological polar surface area (TPSA) is 46.6 Å². The number of hydrogen-bond acceptors (Lipinski definition) is 3. The maximum atomic E-state index is 11.6. The number of ether oxygens (including phenoxy) is 1. The minimum atomic E-state index is -0.620. The first-order valence-corrected chi connectivity index (χ1v) is 5.87. The van der Waals surface area contributed by atoms with Crippen LogP contribution in [0.1, 0.15) is 17.3 Å². The minimum Gasteiger partial charge on any atom is -0.480 e. The standard InChI is InChI=1S/C12H14BrNO3/c1-8(12(16)14(2)3)17-11-5-4-10(13)6-9(11)7-15/h4-8H,1-3H3. The quantitative estimate of drug-likeness (QED) is 0.800. The third kappa shape index (κ3) is 3.56. The Morgan fingerprint density at radius 3 is 2.65 bits per heavy atom. The Balaban J connectivity index is 2.88. The van der Waals surface area contributed by atoms with E-state index in [-0.39, 0.29) is 5.91 Å². The second kappa shape index (κ2) is 5.82. The van der Waals surface area contributed by atoms with E-state index in [9.17, 15) is 9.59 Å². The molecule has 0 aromatic heterocycles. The molecule has 0 fully saturated rings. The SMILES string of the molecule is CC(Oc1ccc(Br)cc1C=O)C(=O)N(C)C. The maximum absolute atomic E-state index is 11.6. The van der Waals surface area contributed by atoms with E-state index < -0.39 is 6.10 Å². The fraction of sp³-hybridized carbons (Fsp3) is 0.333. The molecule has 0 aliphatic rings. The smallest absolute Gasteiger partial charge is 0.262 e. The fourth-order valence-electron chi connectivity index (χ4n) is 1.32. The summed E-state index contributed by atoms with van der Waals surface area (Å²) < 4.78 is 6.26. The summed E-state index contributed by atoms with van der Waals surface area (Å²) >= 11 is 3.27. The van der Waals surface area contributed by atoms with Crippen molar-refractivity contribution in [3.8, 4) is 5.75 Å². The summed E-state index contributed by atoms with van der Waals surface area (Å²) in [5.74, 6) is 0.260. The summed E-state index contributed by atoms with van der Waals surface area (Å²) in [4.78, 5) is 23.9. The van der Waals surface area contributed by atoms with Gasteiger partial charge in [-0.3, -0.25) is 9.59 Å². The van der Waals surface area contributed by atoms with E-state index >= 15 is 0 Å². The van der Waals surface area contributed by atoms with Gasteiger partial charge >= 0.3 is 0 Å². The largest absolute Gasteiger partial charge is 0.480 e. The van der Waals surface area contributed by atoms with Gasteiger partial charge in [-0.2, -0.15) is 0 Å². The van der Waals surface area contributed by atoms with Crippen LogP contribution in [-0.4, -0.2) is 37.3 Å². The van der Waals surface area contributed by atoms with Crippen LogP contribution in [0, 0.1) is 0 Å². The lowest BCUT2D eigenvalue weighted by molar-refractivity contribution is -0.135. The van der Waals surface area contributed by atoms with Crippen molar-refractivity contribution in [1.82, 2.24) is 4.90 Å². The predicted molar refractivity (Wildman–Crippen MR) is 68.3 cm³/mol. The highest BCUT2D eigenvalue weighted by atomic mass is 79.9. The molecule has 1 aromatic carbocycles. The van der Waals surface area contributed by atoms with Gasteiger partial charge in [0.1, 0.15) is 5.75 Å². The number of benzene rings is 1. The van der Waals surface area contributed by atoms with Crippen molar-refractivity contribution in [3.05, 3.63) is 28.2 Å². The number of amides is 1. The number of aldehydes is 1. The zero-order valence-electron chi connectivity index (χ0n) is 9.94. The Morgan fingerprint density at radius 2 is 2.12 bits per heavy atom. The molecule has 0 saturated heterocycles. The maximum Gasteiger partial charge on any atom is 0.262 e. The predicted octanol–water partition coefficient (Wildman–Crippen LogP) is 2.12. The Labute approximate surface area is 109 Å². The van der Waals surface area contributed by atoms with Crippen molar-refractivity contribution in [2.45, 2.75) is 13.0 Å². The van der Waals surface area contributed by atoms with E-state index in [2.05, 4.69) is 15.9 Å². The molecular formula is C12H14BrNO3. The van der Waals surface area contributed by atoms with Gasteiger partial charge < -0.3 is 9.64 Å². The van der Waals surface area contributed by atoms with Crippen LogP contribution in [0.3, 0.4) is 0 Å². The average molecular weight is 300 g/mol. The van der Waals surface area contributed by atoms with E-state index in [1.807, 2.05) is 0 Å². The van der Waals surface area contributed by atoms with E-state index in [1.165, 1.54) is 4.90 Å². The van der Waals surface area contributed by atoms with Crippen molar-refractivity contribution in [1.29, 1.82) is 0 Å². The third-order valence-corrected chi connectivity index (χ3v) is 2.68.